The summed E-state index contributed by atoms with van der Waals surface area (Å²) in [5.74, 6) is -2.64. The third-order valence-corrected chi connectivity index (χ3v) is 2.36. The highest BCUT2D eigenvalue weighted by Crippen LogP contribution is 2.13. The van der Waals surface area contributed by atoms with Crippen molar-refractivity contribution in [1.29, 1.82) is 0 Å². The molecular weight excluding hydrogens is 277 g/mol. The second-order valence-electron chi connectivity index (χ2n) is 4.03. The quantitative estimate of drug-likeness (QED) is 0.859. The molecule has 1 heterocycles. The summed E-state index contributed by atoms with van der Waals surface area (Å²) in [4.78, 5) is 21.9. The first-order chi connectivity index (χ1) is 9.29. The lowest BCUT2D eigenvalue weighted by molar-refractivity contribution is -0.192. The Labute approximate surface area is 113 Å². The Morgan fingerprint density at radius 1 is 1.30 bits per heavy atom. The SMILES string of the molecule is O=C(O)C(F)(F)F.O=C1CN(Cc2ccccc2)CN1. The van der Waals surface area contributed by atoms with Crippen LogP contribution in [-0.2, 0) is 16.1 Å². The minimum Gasteiger partial charge on any atom is -0.475 e. The number of nitrogens with one attached hydrogen (secondary N) is 1. The number of hydrogen-bond acceptors (Lipinski definition) is 3. The van der Waals surface area contributed by atoms with Crippen LogP contribution in [0.2, 0.25) is 0 Å². The highest BCUT2D eigenvalue weighted by molar-refractivity contribution is 5.79. The van der Waals surface area contributed by atoms with Crippen molar-refractivity contribution in [2.24, 2.45) is 0 Å². The van der Waals surface area contributed by atoms with Crippen LogP contribution in [0.1, 0.15) is 5.56 Å². The molecule has 1 fully saturated rings. The monoisotopic (exact) mass is 290 g/mol. The molecule has 8 heteroatoms. The van der Waals surface area contributed by atoms with Gasteiger partial charge in [-0.2, -0.15) is 13.2 Å². The Hall–Kier alpha value is -2.09. The molecule has 20 heavy (non-hydrogen) atoms. The highest BCUT2D eigenvalue weighted by atomic mass is 19.4. The molecule has 1 aromatic rings. The highest BCUT2D eigenvalue weighted by Gasteiger charge is 2.38. The van der Waals surface area contributed by atoms with Crippen LogP contribution in [0.15, 0.2) is 30.3 Å². The molecule has 5 nitrogen and oxygen atoms in total. The van der Waals surface area contributed by atoms with Crippen LogP contribution in [0.4, 0.5) is 13.2 Å². The summed E-state index contributed by atoms with van der Waals surface area (Å²) < 4.78 is 31.7. The molecule has 1 aliphatic heterocycles. The van der Waals surface area contributed by atoms with Crippen LogP contribution in [-0.4, -0.2) is 41.3 Å². The van der Waals surface area contributed by atoms with Gasteiger partial charge in [0.05, 0.1) is 13.2 Å². The van der Waals surface area contributed by atoms with Crippen molar-refractivity contribution < 1.29 is 27.9 Å². The smallest absolute Gasteiger partial charge is 0.475 e. The fraction of sp³-hybridized carbons (Fsp3) is 0.333. The maximum atomic E-state index is 10.9. The van der Waals surface area contributed by atoms with E-state index in [1.807, 2.05) is 18.2 Å². The molecule has 1 saturated heterocycles. The average Bonchev–Trinajstić information content (AvgIpc) is 2.75. The van der Waals surface area contributed by atoms with Gasteiger partial charge >= 0.3 is 12.1 Å². The molecule has 2 N–H and O–H groups in total. The summed E-state index contributed by atoms with van der Waals surface area (Å²) >= 11 is 0. The van der Waals surface area contributed by atoms with Gasteiger partial charge in [-0.25, -0.2) is 4.79 Å². The predicted octanol–water partition coefficient (Wildman–Crippen LogP) is 1.21. The summed E-state index contributed by atoms with van der Waals surface area (Å²) in [5, 5.41) is 9.90. The minimum absolute atomic E-state index is 0.121. The van der Waals surface area contributed by atoms with E-state index in [1.165, 1.54) is 5.56 Å². The fourth-order valence-corrected chi connectivity index (χ4v) is 1.47. The molecule has 0 saturated carbocycles. The van der Waals surface area contributed by atoms with E-state index < -0.39 is 12.1 Å². The summed E-state index contributed by atoms with van der Waals surface area (Å²) in [5.41, 5.74) is 1.25. The number of carbonyl (C=O) groups is 2. The first kappa shape index (κ1) is 16.0. The number of carboxylic acids is 1. The van der Waals surface area contributed by atoms with Crippen molar-refractivity contribution in [1.82, 2.24) is 10.2 Å². The molecule has 0 aromatic heterocycles. The maximum Gasteiger partial charge on any atom is 0.490 e. The molecule has 1 amide bonds. The predicted molar refractivity (Wildman–Crippen MR) is 63.6 cm³/mol. The average molecular weight is 290 g/mol. The van der Waals surface area contributed by atoms with Crippen LogP contribution < -0.4 is 5.32 Å². The van der Waals surface area contributed by atoms with Gasteiger partial charge in [0.15, 0.2) is 0 Å². The molecule has 0 unspecified atom stereocenters. The Balaban J connectivity index is 0.000000246. The van der Waals surface area contributed by atoms with Gasteiger partial charge in [0.2, 0.25) is 5.91 Å². The lowest BCUT2D eigenvalue weighted by Crippen LogP contribution is -2.21. The number of carbonyl (C=O) groups excluding carboxylic acids is 1. The third-order valence-electron chi connectivity index (χ3n) is 2.36. The maximum absolute atomic E-state index is 10.9. The Kier molecular flexibility index (Phi) is 5.51. The summed E-state index contributed by atoms with van der Waals surface area (Å²) in [6, 6.07) is 10.2. The summed E-state index contributed by atoms with van der Waals surface area (Å²) in [7, 11) is 0. The molecule has 1 aromatic carbocycles. The van der Waals surface area contributed by atoms with Crippen LogP contribution in [0.5, 0.6) is 0 Å². The van der Waals surface area contributed by atoms with Gasteiger partial charge in [-0.3, -0.25) is 9.69 Å². The van der Waals surface area contributed by atoms with E-state index >= 15 is 0 Å². The van der Waals surface area contributed by atoms with E-state index in [2.05, 4.69) is 22.3 Å². The largest absolute Gasteiger partial charge is 0.490 e. The summed E-state index contributed by atoms with van der Waals surface area (Å²) in [6.45, 7) is 2.04. The number of alkyl halides is 3. The molecule has 2 rings (SSSR count). The van der Waals surface area contributed by atoms with E-state index in [4.69, 9.17) is 9.90 Å². The lowest BCUT2D eigenvalue weighted by atomic mass is 10.2. The van der Waals surface area contributed by atoms with Gasteiger partial charge in [-0.1, -0.05) is 30.3 Å². The lowest BCUT2D eigenvalue weighted by Gasteiger charge is -2.11. The van der Waals surface area contributed by atoms with Gasteiger partial charge < -0.3 is 10.4 Å². The number of hydrogen-bond donors (Lipinski definition) is 2. The first-order valence-electron chi connectivity index (χ1n) is 5.62. The number of carboxylic acid groups (broad SMARTS) is 1. The van der Waals surface area contributed by atoms with Crippen LogP contribution in [0.3, 0.4) is 0 Å². The van der Waals surface area contributed by atoms with Crippen LogP contribution in [0, 0.1) is 0 Å². The van der Waals surface area contributed by atoms with Gasteiger partial charge in [-0.15, -0.1) is 0 Å². The normalized spacial score (nSPS) is 15.2. The Bertz CT molecular complexity index is 463. The van der Waals surface area contributed by atoms with Crippen molar-refractivity contribution in [3.63, 3.8) is 0 Å². The van der Waals surface area contributed by atoms with Gasteiger partial charge in [-0.05, 0) is 5.56 Å². The Morgan fingerprint density at radius 2 is 1.85 bits per heavy atom. The van der Waals surface area contributed by atoms with E-state index in [-0.39, 0.29) is 5.91 Å². The number of amides is 1. The molecule has 0 bridgehead atoms. The van der Waals surface area contributed by atoms with Crippen molar-refractivity contribution >= 4 is 11.9 Å². The number of halogens is 3. The first-order valence-corrected chi connectivity index (χ1v) is 5.62. The summed E-state index contributed by atoms with van der Waals surface area (Å²) in [6.07, 6.45) is -5.08. The van der Waals surface area contributed by atoms with Gasteiger partial charge in [0.25, 0.3) is 0 Å². The second kappa shape index (κ2) is 6.90. The van der Waals surface area contributed by atoms with Crippen LogP contribution >= 0.6 is 0 Å². The zero-order chi connectivity index (χ0) is 15.2. The topological polar surface area (TPSA) is 69.6 Å². The van der Waals surface area contributed by atoms with Crippen LogP contribution in [0.25, 0.3) is 0 Å². The Morgan fingerprint density at radius 3 is 2.25 bits per heavy atom. The number of rotatable bonds is 2. The standard InChI is InChI=1S/C10H12N2O.C2HF3O2/c13-10-7-12(8-11-10)6-9-4-2-1-3-5-9;3-2(4,5)1(6)7/h1-5H,6-8H2,(H,11,13);(H,6,7). The third kappa shape index (κ3) is 5.70. The molecule has 0 aliphatic carbocycles. The number of nitrogens with zero attached hydrogens (tertiary/aromatic N) is 1. The van der Waals surface area contributed by atoms with Crippen molar-refractivity contribution in [3.8, 4) is 0 Å². The molecule has 0 radical (unpaired) electrons. The van der Waals surface area contributed by atoms with Crippen molar-refractivity contribution in [2.75, 3.05) is 13.2 Å². The molecule has 1 aliphatic rings. The molecule has 110 valence electrons. The van der Waals surface area contributed by atoms with Crippen molar-refractivity contribution in [3.05, 3.63) is 35.9 Å². The minimum atomic E-state index is -5.08. The molecule has 0 atom stereocenters. The fourth-order valence-electron chi connectivity index (χ4n) is 1.47. The zero-order valence-corrected chi connectivity index (χ0v) is 10.4. The molecule has 0 spiro atoms. The van der Waals surface area contributed by atoms with Gasteiger partial charge in [0, 0.05) is 6.54 Å². The number of aliphatic carboxylic acids is 1. The van der Waals surface area contributed by atoms with E-state index in [9.17, 15) is 18.0 Å². The van der Waals surface area contributed by atoms with E-state index in [1.54, 1.807) is 0 Å². The zero-order valence-electron chi connectivity index (χ0n) is 10.4. The van der Waals surface area contributed by atoms with E-state index in [0.717, 1.165) is 6.54 Å². The van der Waals surface area contributed by atoms with Gasteiger partial charge in [0.1, 0.15) is 0 Å². The molecular formula is C12H13F3N2O3. The van der Waals surface area contributed by atoms with E-state index in [0.29, 0.717) is 13.2 Å². The number of benzene rings is 1. The van der Waals surface area contributed by atoms with Crippen molar-refractivity contribution in [2.45, 2.75) is 12.7 Å². The second-order valence-corrected chi connectivity index (χ2v) is 4.03.